The summed E-state index contributed by atoms with van der Waals surface area (Å²) < 4.78 is 5.04. The van der Waals surface area contributed by atoms with Crippen molar-refractivity contribution in [3.05, 3.63) is 0 Å². The molecule has 45 heavy (non-hydrogen) atoms. The van der Waals surface area contributed by atoms with Crippen molar-refractivity contribution >= 4 is 11.9 Å². The number of nitrogens with zero attached hydrogens (tertiary/aromatic N) is 1. The van der Waals surface area contributed by atoms with E-state index in [0.29, 0.717) is 0 Å². The highest BCUT2D eigenvalue weighted by molar-refractivity contribution is 5.81. The Morgan fingerprint density at radius 2 is 0.667 bits per heavy atom. The molecule has 0 spiro atoms. The fourth-order valence-electron chi connectivity index (χ4n) is 6.36. The molecule has 0 fully saturated rings. The van der Waals surface area contributed by atoms with Gasteiger partial charge in [0.2, 0.25) is 0 Å². The number of ether oxygens (including phenoxy) is 1. The fourth-order valence-corrected chi connectivity index (χ4v) is 6.36. The first-order chi connectivity index (χ1) is 22.2. The van der Waals surface area contributed by atoms with Crippen LogP contribution in [0.2, 0.25) is 0 Å². The van der Waals surface area contributed by atoms with Gasteiger partial charge < -0.3 is 15.4 Å². The summed E-state index contributed by atoms with van der Waals surface area (Å²) in [5.74, 6) is -0.577. The smallest absolute Gasteiger partial charge is 0.320 e. The van der Waals surface area contributed by atoms with Crippen LogP contribution in [-0.4, -0.2) is 43.0 Å². The van der Waals surface area contributed by atoms with E-state index in [9.17, 15) is 9.59 Å². The molecule has 0 rings (SSSR count). The number of esters is 1. The molecule has 0 heterocycles. The van der Waals surface area contributed by atoms with Crippen molar-refractivity contribution in [2.45, 2.75) is 219 Å². The Morgan fingerprint density at radius 3 is 0.911 bits per heavy atom. The highest BCUT2D eigenvalue weighted by Gasteiger charge is 2.15. The second kappa shape index (κ2) is 37.4. The summed E-state index contributed by atoms with van der Waals surface area (Å²) in [7, 11) is 0. The van der Waals surface area contributed by atoms with Crippen molar-refractivity contribution in [1.29, 1.82) is 0 Å². The first-order valence-electron chi connectivity index (χ1n) is 20.3. The molecule has 0 aliphatic rings. The van der Waals surface area contributed by atoms with Crippen LogP contribution in [0.4, 0.5) is 0 Å². The van der Waals surface area contributed by atoms with Crippen LogP contribution in [0, 0.1) is 0 Å². The fraction of sp³-hybridized carbons (Fsp3) is 0.950. The van der Waals surface area contributed by atoms with Gasteiger partial charge in [-0.15, -0.1) is 0 Å². The molecule has 0 aromatic carbocycles. The maximum atomic E-state index is 12.8. The van der Waals surface area contributed by atoms with Gasteiger partial charge in [-0.05, 0) is 12.8 Å². The molecule has 0 aliphatic heterocycles. The van der Waals surface area contributed by atoms with Crippen LogP contribution in [0.5, 0.6) is 0 Å². The van der Waals surface area contributed by atoms with Crippen LogP contribution < -0.4 is 5.73 Å². The Labute approximate surface area is 282 Å². The van der Waals surface area contributed by atoms with Crippen LogP contribution in [0.3, 0.4) is 0 Å². The van der Waals surface area contributed by atoms with E-state index in [0.717, 1.165) is 25.9 Å². The lowest BCUT2D eigenvalue weighted by Crippen LogP contribution is -2.37. The number of amides is 1. The van der Waals surface area contributed by atoms with Gasteiger partial charge in [0.05, 0.1) is 6.54 Å². The molecule has 0 saturated heterocycles. The van der Waals surface area contributed by atoms with E-state index in [1.54, 1.807) is 0 Å². The second-order valence-electron chi connectivity index (χ2n) is 13.9. The van der Waals surface area contributed by atoms with Gasteiger partial charge in [0.1, 0.15) is 0 Å². The third-order valence-corrected chi connectivity index (χ3v) is 9.44. The molecule has 1 amide bonds. The lowest BCUT2D eigenvalue weighted by atomic mass is 10.0. The standard InChI is InChI=1S/C40H80N2O3/c1-3-5-7-9-11-13-15-17-19-21-23-25-27-29-31-33-35-42(39(43)38-45-40(44)37-41)36-34-32-30-28-26-24-22-20-18-16-14-12-10-8-6-4-2/h3-38,41H2,1-2H3. The Balaban J connectivity index is 3.83. The Kier molecular flexibility index (Phi) is 36.4. The Bertz CT molecular complexity index is 576. The monoisotopic (exact) mass is 637 g/mol. The molecule has 5 nitrogen and oxygen atoms in total. The molecule has 0 bridgehead atoms. The Hall–Kier alpha value is -1.10. The third-order valence-electron chi connectivity index (χ3n) is 9.44. The van der Waals surface area contributed by atoms with E-state index in [1.165, 1.54) is 193 Å². The lowest BCUT2D eigenvalue weighted by molar-refractivity contribution is -0.150. The number of nitrogens with two attached hydrogens (primary N) is 1. The number of carbonyl (C=O) groups is 2. The predicted molar refractivity (Wildman–Crippen MR) is 196 cm³/mol. The minimum atomic E-state index is -0.506. The van der Waals surface area contributed by atoms with Crippen molar-refractivity contribution in [1.82, 2.24) is 4.90 Å². The second-order valence-corrected chi connectivity index (χ2v) is 13.9. The predicted octanol–water partition coefficient (Wildman–Crippen LogP) is 11.8. The molecule has 0 saturated carbocycles. The SMILES string of the molecule is CCCCCCCCCCCCCCCCCCN(CCCCCCCCCCCCCCCCCC)C(=O)COC(=O)CN. The van der Waals surface area contributed by atoms with Crippen molar-refractivity contribution in [3.63, 3.8) is 0 Å². The largest absolute Gasteiger partial charge is 0.455 e. The number of hydrogen-bond donors (Lipinski definition) is 1. The van der Waals surface area contributed by atoms with E-state index >= 15 is 0 Å². The number of carbonyl (C=O) groups excluding carboxylic acids is 2. The summed E-state index contributed by atoms with van der Waals surface area (Å²) in [5, 5.41) is 0. The molecule has 0 radical (unpaired) electrons. The van der Waals surface area contributed by atoms with Gasteiger partial charge in [0, 0.05) is 13.1 Å². The normalized spacial score (nSPS) is 11.3. The molecule has 0 aromatic rings. The molecule has 2 N–H and O–H groups in total. The summed E-state index contributed by atoms with van der Waals surface area (Å²) in [6.07, 6.45) is 43.1. The minimum absolute atomic E-state index is 0.0706. The van der Waals surface area contributed by atoms with Crippen molar-refractivity contribution < 1.29 is 14.3 Å². The highest BCUT2D eigenvalue weighted by atomic mass is 16.5. The van der Waals surface area contributed by atoms with Crippen molar-refractivity contribution in [3.8, 4) is 0 Å². The zero-order valence-corrected chi connectivity index (χ0v) is 30.7. The molecule has 0 unspecified atom stereocenters. The van der Waals surface area contributed by atoms with Gasteiger partial charge in [-0.1, -0.05) is 206 Å². The van der Waals surface area contributed by atoms with Crippen LogP contribution in [0.15, 0.2) is 0 Å². The van der Waals surface area contributed by atoms with Gasteiger partial charge in [-0.3, -0.25) is 9.59 Å². The topological polar surface area (TPSA) is 72.6 Å². The molecular formula is C40H80N2O3. The zero-order chi connectivity index (χ0) is 32.9. The number of rotatable bonds is 37. The summed E-state index contributed by atoms with van der Waals surface area (Å²) in [6.45, 7) is 5.77. The molecule has 268 valence electrons. The van der Waals surface area contributed by atoms with Crippen molar-refractivity contribution in [2.75, 3.05) is 26.2 Å². The third kappa shape index (κ3) is 34.1. The first kappa shape index (κ1) is 43.9. The van der Waals surface area contributed by atoms with E-state index in [1.807, 2.05) is 4.90 Å². The van der Waals surface area contributed by atoms with Gasteiger partial charge in [-0.25, -0.2) is 0 Å². The average molecular weight is 637 g/mol. The summed E-state index contributed by atoms with van der Waals surface area (Å²) in [6, 6.07) is 0. The molecular weight excluding hydrogens is 556 g/mol. The molecule has 0 atom stereocenters. The van der Waals surface area contributed by atoms with Crippen molar-refractivity contribution in [2.24, 2.45) is 5.73 Å². The van der Waals surface area contributed by atoms with Gasteiger partial charge in [-0.2, -0.15) is 0 Å². The van der Waals surface area contributed by atoms with Crippen LogP contribution in [0.1, 0.15) is 219 Å². The highest BCUT2D eigenvalue weighted by Crippen LogP contribution is 2.16. The summed E-state index contributed by atoms with van der Waals surface area (Å²) in [4.78, 5) is 26.1. The Morgan fingerprint density at radius 1 is 0.422 bits per heavy atom. The number of unbranched alkanes of at least 4 members (excludes halogenated alkanes) is 30. The summed E-state index contributed by atoms with van der Waals surface area (Å²) >= 11 is 0. The first-order valence-corrected chi connectivity index (χ1v) is 20.3. The van der Waals surface area contributed by atoms with Crippen LogP contribution >= 0.6 is 0 Å². The minimum Gasteiger partial charge on any atom is -0.455 e. The number of hydrogen-bond acceptors (Lipinski definition) is 4. The van der Waals surface area contributed by atoms with E-state index in [4.69, 9.17) is 10.5 Å². The molecule has 5 heteroatoms. The maximum Gasteiger partial charge on any atom is 0.320 e. The van der Waals surface area contributed by atoms with Gasteiger partial charge >= 0.3 is 5.97 Å². The summed E-state index contributed by atoms with van der Waals surface area (Å²) in [5.41, 5.74) is 5.34. The van der Waals surface area contributed by atoms with E-state index < -0.39 is 5.97 Å². The lowest BCUT2D eigenvalue weighted by Gasteiger charge is -2.22. The van der Waals surface area contributed by atoms with Crippen LogP contribution in [-0.2, 0) is 14.3 Å². The zero-order valence-electron chi connectivity index (χ0n) is 30.7. The van der Waals surface area contributed by atoms with Crippen LogP contribution in [0.25, 0.3) is 0 Å². The van der Waals surface area contributed by atoms with Gasteiger partial charge in [0.15, 0.2) is 6.61 Å². The van der Waals surface area contributed by atoms with Gasteiger partial charge in [0.25, 0.3) is 5.91 Å². The molecule has 0 aliphatic carbocycles. The molecule has 0 aromatic heterocycles. The average Bonchev–Trinajstić information content (AvgIpc) is 3.05. The van der Waals surface area contributed by atoms with E-state index in [-0.39, 0.29) is 19.1 Å². The van der Waals surface area contributed by atoms with E-state index in [2.05, 4.69) is 13.8 Å². The maximum absolute atomic E-state index is 12.8. The quantitative estimate of drug-likeness (QED) is 0.0544.